The molecule has 1 unspecified atom stereocenters. The molecule has 2 aromatic heterocycles. The lowest BCUT2D eigenvalue weighted by Crippen LogP contribution is -2.51. The zero-order chi connectivity index (χ0) is 14.3. The molecule has 1 saturated heterocycles. The van der Waals surface area contributed by atoms with E-state index in [1.54, 1.807) is 18.4 Å². The number of likely N-dealkylation sites (tertiary alicyclic amines) is 1. The fourth-order valence-electron chi connectivity index (χ4n) is 2.48. The number of aryl methyl sites for hydroxylation is 1. The highest BCUT2D eigenvalue weighted by molar-refractivity contribution is 7.15. The molecule has 20 heavy (non-hydrogen) atoms. The van der Waals surface area contributed by atoms with Crippen LogP contribution in [-0.4, -0.2) is 39.2 Å². The van der Waals surface area contributed by atoms with Crippen LogP contribution in [0.3, 0.4) is 0 Å². The van der Waals surface area contributed by atoms with Gasteiger partial charge in [-0.3, -0.25) is 18.9 Å². The van der Waals surface area contributed by atoms with Crippen LogP contribution in [0, 0.1) is 6.92 Å². The molecular formula is C13H16N4O2S. The van der Waals surface area contributed by atoms with E-state index in [4.69, 9.17) is 0 Å². The molecule has 0 saturated carbocycles. The fraction of sp³-hybridized carbons (Fsp3) is 0.462. The highest BCUT2D eigenvalue weighted by Crippen LogP contribution is 2.18. The molecule has 3 heterocycles. The Morgan fingerprint density at radius 2 is 2.30 bits per heavy atom. The number of fused-ring (bicyclic) bond motifs is 1. The minimum atomic E-state index is -0.290. The van der Waals surface area contributed by atoms with Gasteiger partial charge in [-0.2, -0.15) is 0 Å². The minimum absolute atomic E-state index is 0.103. The van der Waals surface area contributed by atoms with Gasteiger partial charge in [-0.05, 0) is 13.3 Å². The van der Waals surface area contributed by atoms with E-state index < -0.39 is 0 Å². The number of thiazole rings is 1. The summed E-state index contributed by atoms with van der Waals surface area (Å²) in [6, 6.07) is -0.290. The number of carbonyl (C=O) groups excluding carboxylic acids is 2. The lowest BCUT2D eigenvalue weighted by molar-refractivity contribution is -0.148. The maximum absolute atomic E-state index is 12.0. The van der Waals surface area contributed by atoms with E-state index in [9.17, 15) is 9.59 Å². The Kier molecular flexibility index (Phi) is 3.31. The number of imidazole rings is 1. The standard InChI is InChI=1S/C13H16N4O2S/c1-8-10(17-5-6-20-13(17)15-8)7-14-9-3-4-11(18)16(2)12(9)19/h5-6,9,14H,3-4,7H2,1-2H3. The van der Waals surface area contributed by atoms with E-state index in [1.165, 1.54) is 4.90 Å². The van der Waals surface area contributed by atoms with Gasteiger partial charge < -0.3 is 5.32 Å². The summed E-state index contributed by atoms with van der Waals surface area (Å²) in [5.41, 5.74) is 2.03. The van der Waals surface area contributed by atoms with E-state index in [-0.39, 0.29) is 17.9 Å². The van der Waals surface area contributed by atoms with E-state index >= 15 is 0 Å². The molecule has 6 nitrogen and oxygen atoms in total. The third-order valence-corrected chi connectivity index (χ3v) is 4.48. The normalized spacial score (nSPS) is 20.1. The molecule has 1 aliphatic rings. The van der Waals surface area contributed by atoms with Crippen LogP contribution in [0.15, 0.2) is 11.6 Å². The maximum atomic E-state index is 12.0. The Balaban J connectivity index is 1.73. The first-order valence-corrected chi connectivity index (χ1v) is 7.40. The monoisotopic (exact) mass is 292 g/mol. The van der Waals surface area contributed by atoms with Gasteiger partial charge in [-0.15, -0.1) is 11.3 Å². The van der Waals surface area contributed by atoms with Crippen molar-refractivity contribution in [3.63, 3.8) is 0 Å². The molecule has 0 aromatic carbocycles. The number of rotatable bonds is 3. The molecule has 0 aliphatic carbocycles. The van der Waals surface area contributed by atoms with E-state index in [2.05, 4.69) is 10.3 Å². The van der Waals surface area contributed by atoms with Crippen molar-refractivity contribution in [1.29, 1.82) is 0 Å². The third-order valence-electron chi connectivity index (χ3n) is 3.73. The first-order valence-electron chi connectivity index (χ1n) is 6.52. The molecule has 7 heteroatoms. The van der Waals surface area contributed by atoms with Gasteiger partial charge in [0.15, 0.2) is 4.96 Å². The number of likely N-dealkylation sites (N-methyl/N-ethyl adjacent to an activating group) is 1. The summed E-state index contributed by atoms with van der Waals surface area (Å²) in [5.74, 6) is -0.251. The molecular weight excluding hydrogens is 276 g/mol. The molecule has 0 spiro atoms. The van der Waals surface area contributed by atoms with E-state index in [0.717, 1.165) is 16.3 Å². The van der Waals surface area contributed by atoms with Gasteiger partial charge >= 0.3 is 0 Å². The van der Waals surface area contributed by atoms with Crippen molar-refractivity contribution in [1.82, 2.24) is 19.6 Å². The summed E-state index contributed by atoms with van der Waals surface area (Å²) < 4.78 is 2.04. The van der Waals surface area contributed by atoms with Crippen LogP contribution in [0.1, 0.15) is 24.2 Å². The second kappa shape index (κ2) is 4.99. The van der Waals surface area contributed by atoms with Crippen molar-refractivity contribution in [2.75, 3.05) is 7.05 Å². The Hall–Kier alpha value is -1.73. The molecule has 106 valence electrons. The zero-order valence-electron chi connectivity index (χ0n) is 11.4. The third kappa shape index (κ3) is 2.12. The summed E-state index contributed by atoms with van der Waals surface area (Å²) in [6.45, 7) is 2.54. The van der Waals surface area contributed by atoms with Gasteiger partial charge in [0.25, 0.3) is 0 Å². The van der Waals surface area contributed by atoms with Crippen LogP contribution in [0.2, 0.25) is 0 Å². The van der Waals surface area contributed by atoms with Gasteiger partial charge in [-0.25, -0.2) is 4.98 Å². The van der Waals surface area contributed by atoms with Gasteiger partial charge in [-0.1, -0.05) is 0 Å². The average Bonchev–Trinajstić information content (AvgIpc) is 2.97. The van der Waals surface area contributed by atoms with Gasteiger partial charge in [0.1, 0.15) is 0 Å². The van der Waals surface area contributed by atoms with Crippen molar-refractivity contribution < 1.29 is 9.59 Å². The largest absolute Gasteiger partial charge is 0.300 e. The summed E-state index contributed by atoms with van der Waals surface area (Å²) in [4.78, 5) is 30.1. The number of hydrogen-bond acceptors (Lipinski definition) is 5. The molecule has 0 bridgehead atoms. The number of amides is 2. The van der Waals surface area contributed by atoms with E-state index in [0.29, 0.717) is 19.4 Å². The van der Waals surface area contributed by atoms with Crippen LogP contribution in [0.25, 0.3) is 4.96 Å². The van der Waals surface area contributed by atoms with Gasteiger partial charge in [0, 0.05) is 31.6 Å². The summed E-state index contributed by atoms with van der Waals surface area (Å²) >= 11 is 1.59. The van der Waals surface area contributed by atoms with Gasteiger partial charge in [0.05, 0.1) is 17.4 Å². The Bertz CT molecular complexity index is 675. The molecule has 1 aliphatic heterocycles. The van der Waals surface area contributed by atoms with Crippen molar-refractivity contribution in [2.45, 2.75) is 32.4 Å². The maximum Gasteiger partial charge on any atom is 0.246 e. The van der Waals surface area contributed by atoms with Crippen LogP contribution in [0.5, 0.6) is 0 Å². The second-order valence-corrected chi connectivity index (χ2v) is 5.84. The summed E-state index contributed by atoms with van der Waals surface area (Å²) in [6.07, 6.45) is 2.96. The van der Waals surface area contributed by atoms with E-state index in [1.807, 2.05) is 22.9 Å². The van der Waals surface area contributed by atoms with Crippen LogP contribution in [0.4, 0.5) is 0 Å². The lowest BCUT2D eigenvalue weighted by Gasteiger charge is -2.28. The predicted octanol–water partition coefficient (Wildman–Crippen LogP) is 0.941. The molecule has 2 amide bonds. The fourth-order valence-corrected chi connectivity index (χ4v) is 3.26. The quantitative estimate of drug-likeness (QED) is 0.855. The molecule has 1 atom stereocenters. The van der Waals surface area contributed by atoms with Crippen LogP contribution >= 0.6 is 11.3 Å². The molecule has 0 radical (unpaired) electrons. The number of hydrogen-bond donors (Lipinski definition) is 1. The first kappa shape index (κ1) is 13.3. The first-order chi connectivity index (χ1) is 9.58. The SMILES string of the molecule is Cc1nc2sccn2c1CNC1CCC(=O)N(C)C1=O. The van der Waals surface area contributed by atoms with Crippen molar-refractivity contribution in [2.24, 2.45) is 0 Å². The summed E-state index contributed by atoms with van der Waals surface area (Å²) in [7, 11) is 1.54. The molecule has 1 fully saturated rings. The number of nitrogens with one attached hydrogen (secondary N) is 1. The summed E-state index contributed by atoms with van der Waals surface area (Å²) in [5, 5.41) is 5.24. The Morgan fingerprint density at radius 1 is 1.50 bits per heavy atom. The topological polar surface area (TPSA) is 66.7 Å². The lowest BCUT2D eigenvalue weighted by atomic mass is 10.0. The number of carbonyl (C=O) groups is 2. The number of nitrogens with zero attached hydrogens (tertiary/aromatic N) is 3. The smallest absolute Gasteiger partial charge is 0.246 e. The van der Waals surface area contributed by atoms with Crippen LogP contribution < -0.4 is 5.32 Å². The number of piperidine rings is 1. The minimum Gasteiger partial charge on any atom is -0.300 e. The van der Waals surface area contributed by atoms with Crippen molar-refractivity contribution >= 4 is 28.1 Å². The second-order valence-electron chi connectivity index (χ2n) is 4.96. The van der Waals surface area contributed by atoms with Crippen molar-refractivity contribution in [3.8, 4) is 0 Å². The Labute approximate surface area is 120 Å². The predicted molar refractivity (Wildman–Crippen MR) is 75.4 cm³/mol. The number of aromatic nitrogens is 2. The highest BCUT2D eigenvalue weighted by Gasteiger charge is 2.31. The van der Waals surface area contributed by atoms with Crippen LogP contribution in [-0.2, 0) is 16.1 Å². The zero-order valence-corrected chi connectivity index (χ0v) is 12.2. The average molecular weight is 292 g/mol. The number of imide groups is 1. The highest BCUT2D eigenvalue weighted by atomic mass is 32.1. The molecule has 2 aromatic rings. The molecule has 3 rings (SSSR count). The van der Waals surface area contributed by atoms with Gasteiger partial charge in [0.2, 0.25) is 11.8 Å². The van der Waals surface area contributed by atoms with Crippen molar-refractivity contribution in [3.05, 3.63) is 23.0 Å². The Morgan fingerprint density at radius 3 is 3.10 bits per heavy atom. The molecule has 1 N–H and O–H groups in total.